The van der Waals surface area contributed by atoms with E-state index in [1.165, 1.54) is 47.0 Å². The fourth-order valence-electron chi connectivity index (χ4n) is 3.82. The molecule has 0 bridgehead atoms. The van der Waals surface area contributed by atoms with Gasteiger partial charge in [-0.25, -0.2) is 18.1 Å². The number of methoxy groups -OCH3 is 1. The number of sulfonamides is 1. The minimum absolute atomic E-state index is 0.0537. The SMILES string of the molecule is COc1ccc(S(=O)(=O)N2CCCCCC2)cc1C(=O)Nc1cccc(Cl)c1-n1cncn1. The minimum atomic E-state index is -3.74. The number of hydrogen-bond acceptors (Lipinski definition) is 6. The van der Waals surface area contributed by atoms with Gasteiger partial charge in [0.1, 0.15) is 24.1 Å². The predicted octanol–water partition coefficient (Wildman–Crippen LogP) is 3.75. The Labute approximate surface area is 197 Å². The number of anilines is 1. The summed E-state index contributed by atoms with van der Waals surface area (Å²) in [6.45, 7) is 0.944. The number of hydrogen-bond donors (Lipinski definition) is 1. The number of nitrogens with one attached hydrogen (secondary N) is 1. The second-order valence-electron chi connectivity index (χ2n) is 7.61. The van der Waals surface area contributed by atoms with Crippen LogP contribution >= 0.6 is 11.6 Å². The van der Waals surface area contributed by atoms with E-state index in [-0.39, 0.29) is 16.2 Å². The van der Waals surface area contributed by atoms with Crippen molar-refractivity contribution in [2.75, 3.05) is 25.5 Å². The lowest BCUT2D eigenvalue weighted by Crippen LogP contribution is -2.32. The van der Waals surface area contributed by atoms with Crippen LogP contribution in [0.5, 0.6) is 5.75 Å². The number of carbonyl (C=O) groups is 1. The van der Waals surface area contributed by atoms with Crippen molar-refractivity contribution in [1.29, 1.82) is 0 Å². The zero-order valence-corrected chi connectivity index (χ0v) is 19.6. The number of carbonyl (C=O) groups excluding carboxylic acids is 1. The average Bonchev–Trinajstić information content (AvgIpc) is 3.18. The highest BCUT2D eigenvalue weighted by atomic mass is 35.5. The lowest BCUT2D eigenvalue weighted by Gasteiger charge is -2.21. The molecule has 2 heterocycles. The van der Waals surface area contributed by atoms with E-state index in [9.17, 15) is 13.2 Å². The summed E-state index contributed by atoms with van der Waals surface area (Å²) in [6.07, 6.45) is 6.48. The van der Waals surface area contributed by atoms with Gasteiger partial charge in [-0.1, -0.05) is 30.5 Å². The zero-order chi connectivity index (χ0) is 23.4. The molecule has 174 valence electrons. The van der Waals surface area contributed by atoms with E-state index in [4.69, 9.17) is 16.3 Å². The van der Waals surface area contributed by atoms with Crippen molar-refractivity contribution in [3.8, 4) is 11.4 Å². The third-order valence-corrected chi connectivity index (χ3v) is 7.70. The Morgan fingerprint density at radius 2 is 1.88 bits per heavy atom. The summed E-state index contributed by atoms with van der Waals surface area (Å²) in [6, 6.07) is 9.35. The molecule has 1 N–H and O–H groups in total. The molecular formula is C22H24ClN5O4S. The van der Waals surface area contributed by atoms with Crippen LogP contribution < -0.4 is 10.1 Å². The highest BCUT2D eigenvalue weighted by Crippen LogP contribution is 2.30. The van der Waals surface area contributed by atoms with Crippen molar-refractivity contribution in [2.45, 2.75) is 30.6 Å². The van der Waals surface area contributed by atoms with E-state index >= 15 is 0 Å². The van der Waals surface area contributed by atoms with Gasteiger partial charge in [-0.05, 0) is 43.2 Å². The number of para-hydroxylation sites is 1. The highest BCUT2D eigenvalue weighted by Gasteiger charge is 2.27. The monoisotopic (exact) mass is 489 g/mol. The first-order valence-corrected chi connectivity index (χ1v) is 12.4. The normalized spacial score (nSPS) is 15.1. The second-order valence-corrected chi connectivity index (χ2v) is 9.96. The Hall–Kier alpha value is -2.95. The molecule has 1 aromatic heterocycles. The van der Waals surface area contributed by atoms with Crippen LogP contribution in [0.2, 0.25) is 5.02 Å². The van der Waals surface area contributed by atoms with Crippen LogP contribution in [0.15, 0.2) is 53.9 Å². The van der Waals surface area contributed by atoms with E-state index < -0.39 is 15.9 Å². The largest absolute Gasteiger partial charge is 0.496 e. The van der Waals surface area contributed by atoms with Gasteiger partial charge in [-0.15, -0.1) is 0 Å². The van der Waals surface area contributed by atoms with Crippen LogP contribution in [0.4, 0.5) is 5.69 Å². The van der Waals surface area contributed by atoms with E-state index in [0.29, 0.717) is 29.5 Å². The van der Waals surface area contributed by atoms with Gasteiger partial charge in [0, 0.05) is 13.1 Å². The van der Waals surface area contributed by atoms with Gasteiger partial charge in [-0.3, -0.25) is 4.79 Å². The van der Waals surface area contributed by atoms with Gasteiger partial charge < -0.3 is 10.1 Å². The van der Waals surface area contributed by atoms with E-state index in [2.05, 4.69) is 15.4 Å². The van der Waals surface area contributed by atoms with E-state index in [0.717, 1.165) is 25.7 Å². The molecule has 9 nitrogen and oxygen atoms in total. The van der Waals surface area contributed by atoms with Crippen LogP contribution in [0, 0.1) is 0 Å². The molecular weight excluding hydrogens is 466 g/mol. The topological polar surface area (TPSA) is 106 Å². The molecule has 0 aliphatic carbocycles. The molecule has 1 saturated heterocycles. The van der Waals surface area contributed by atoms with Gasteiger partial charge in [0.15, 0.2) is 0 Å². The minimum Gasteiger partial charge on any atom is -0.496 e. The summed E-state index contributed by atoms with van der Waals surface area (Å²) < 4.78 is 34.8. The van der Waals surface area contributed by atoms with Gasteiger partial charge in [-0.2, -0.15) is 9.40 Å². The van der Waals surface area contributed by atoms with Crippen LogP contribution in [0.25, 0.3) is 5.69 Å². The third kappa shape index (κ3) is 4.87. The average molecular weight is 490 g/mol. The first-order chi connectivity index (χ1) is 15.9. The van der Waals surface area contributed by atoms with Crippen LogP contribution in [0.1, 0.15) is 36.0 Å². The molecule has 11 heteroatoms. The Morgan fingerprint density at radius 3 is 2.55 bits per heavy atom. The first-order valence-electron chi connectivity index (χ1n) is 10.5. The molecule has 1 fully saturated rings. The Morgan fingerprint density at radius 1 is 1.12 bits per heavy atom. The molecule has 0 spiro atoms. The number of ether oxygens (including phenoxy) is 1. The standard InChI is InChI=1S/C22H24ClN5O4S/c1-32-20-10-9-16(33(30,31)27-11-4-2-3-5-12-27)13-17(20)22(29)26-19-8-6-7-18(23)21(19)28-15-24-14-25-28/h6-10,13-15H,2-5,11-12H2,1H3,(H,26,29). The smallest absolute Gasteiger partial charge is 0.259 e. The lowest BCUT2D eigenvalue weighted by molar-refractivity contribution is 0.102. The van der Waals surface area contributed by atoms with E-state index in [1.54, 1.807) is 18.2 Å². The van der Waals surface area contributed by atoms with Gasteiger partial charge in [0.05, 0.1) is 28.3 Å². The maximum Gasteiger partial charge on any atom is 0.259 e. The first kappa shape index (κ1) is 23.2. The maximum atomic E-state index is 13.2. The summed E-state index contributed by atoms with van der Waals surface area (Å²) in [7, 11) is -2.31. The molecule has 3 aromatic rings. The van der Waals surface area contributed by atoms with Crippen molar-refractivity contribution in [1.82, 2.24) is 19.1 Å². The Kier molecular flexibility index (Phi) is 6.96. The fraction of sp³-hybridized carbons (Fsp3) is 0.318. The Balaban J connectivity index is 1.68. The summed E-state index contributed by atoms with van der Waals surface area (Å²) in [5.41, 5.74) is 0.927. The fourth-order valence-corrected chi connectivity index (χ4v) is 5.62. The Bertz CT molecular complexity index is 1240. The zero-order valence-electron chi connectivity index (χ0n) is 18.1. The number of rotatable bonds is 6. The molecule has 1 amide bonds. The van der Waals surface area contributed by atoms with Gasteiger partial charge >= 0.3 is 0 Å². The van der Waals surface area contributed by atoms with Crippen molar-refractivity contribution in [2.24, 2.45) is 0 Å². The van der Waals surface area contributed by atoms with Crippen molar-refractivity contribution in [3.05, 3.63) is 59.6 Å². The molecule has 0 unspecified atom stereocenters. The molecule has 0 saturated carbocycles. The molecule has 33 heavy (non-hydrogen) atoms. The van der Waals surface area contributed by atoms with Gasteiger partial charge in [0.2, 0.25) is 10.0 Å². The summed E-state index contributed by atoms with van der Waals surface area (Å²) >= 11 is 6.34. The maximum absolute atomic E-state index is 13.2. The number of aromatic nitrogens is 3. The number of halogens is 1. The summed E-state index contributed by atoms with van der Waals surface area (Å²) in [5, 5.41) is 7.25. The quantitative estimate of drug-likeness (QED) is 0.565. The number of benzene rings is 2. The van der Waals surface area contributed by atoms with E-state index in [1.807, 2.05) is 0 Å². The number of amides is 1. The highest BCUT2D eigenvalue weighted by molar-refractivity contribution is 7.89. The van der Waals surface area contributed by atoms with Crippen LogP contribution in [0.3, 0.4) is 0 Å². The lowest BCUT2D eigenvalue weighted by atomic mass is 10.1. The third-order valence-electron chi connectivity index (χ3n) is 5.50. The summed E-state index contributed by atoms with van der Waals surface area (Å²) in [4.78, 5) is 17.2. The van der Waals surface area contributed by atoms with Crippen LogP contribution in [-0.4, -0.2) is 53.6 Å². The van der Waals surface area contributed by atoms with Crippen LogP contribution in [-0.2, 0) is 10.0 Å². The molecule has 0 atom stereocenters. The molecule has 1 aliphatic heterocycles. The molecule has 0 radical (unpaired) electrons. The van der Waals surface area contributed by atoms with Crippen molar-refractivity contribution in [3.63, 3.8) is 0 Å². The number of nitrogens with zero attached hydrogens (tertiary/aromatic N) is 4. The van der Waals surface area contributed by atoms with Crippen molar-refractivity contribution < 1.29 is 17.9 Å². The second kappa shape index (κ2) is 9.90. The van der Waals surface area contributed by atoms with Gasteiger partial charge in [0.25, 0.3) is 5.91 Å². The molecule has 1 aliphatic rings. The summed E-state index contributed by atoms with van der Waals surface area (Å²) in [5.74, 6) is -0.282. The molecule has 2 aromatic carbocycles. The molecule has 4 rings (SSSR count). The van der Waals surface area contributed by atoms with Crippen molar-refractivity contribution >= 4 is 33.2 Å². The predicted molar refractivity (Wildman–Crippen MR) is 125 cm³/mol.